The number of ether oxygens (including phenoxy) is 2. The Kier molecular flexibility index (Phi) is 4.73. The molecule has 29 heavy (non-hydrogen) atoms. The van der Waals surface area contributed by atoms with E-state index in [-0.39, 0.29) is 45.9 Å². The summed E-state index contributed by atoms with van der Waals surface area (Å²) in [6.45, 7) is -0.993. The number of nitrogens with two attached hydrogens (primary N) is 1. The number of alkyl halides is 1. The first-order valence-electron chi connectivity index (χ1n) is 8.63. The first kappa shape index (κ1) is 19.3. The molecule has 4 rings (SSSR count). The number of aliphatic imine (C=N–C) groups is 1. The van der Waals surface area contributed by atoms with E-state index >= 15 is 0 Å². The van der Waals surface area contributed by atoms with Crippen LogP contribution in [0.3, 0.4) is 0 Å². The average molecular weight is 424 g/mol. The van der Waals surface area contributed by atoms with Crippen molar-refractivity contribution in [1.29, 1.82) is 0 Å². The maximum Gasteiger partial charge on any atom is 0.283 e. The van der Waals surface area contributed by atoms with Crippen LogP contribution in [0.25, 0.3) is 0 Å². The number of nitrogens with one attached hydrogen (secondary N) is 1. The molecule has 1 saturated carbocycles. The maximum atomic E-state index is 14.9. The fourth-order valence-electron chi connectivity index (χ4n) is 3.44. The number of amidine groups is 1. The smallest absolute Gasteiger partial charge is 0.283 e. The Morgan fingerprint density at radius 2 is 2.24 bits per heavy atom. The number of carbonyl (C=O) groups excluding carboxylic acids is 1. The largest absolute Gasteiger partial charge is 0.480 e. The molecule has 0 bridgehead atoms. The van der Waals surface area contributed by atoms with Crippen LogP contribution < -0.4 is 15.8 Å². The topological polar surface area (TPSA) is 112 Å². The molecule has 0 spiro atoms. The van der Waals surface area contributed by atoms with Crippen molar-refractivity contribution in [2.75, 3.05) is 19.1 Å². The lowest BCUT2D eigenvalue weighted by Crippen LogP contribution is -2.39. The van der Waals surface area contributed by atoms with Crippen LogP contribution >= 0.6 is 11.6 Å². The van der Waals surface area contributed by atoms with Gasteiger partial charge in [-0.1, -0.05) is 11.6 Å². The molecule has 1 fully saturated rings. The molecular formula is C18H16ClF2N5O3. The summed E-state index contributed by atoms with van der Waals surface area (Å²) in [5, 5.41) is 2.27. The van der Waals surface area contributed by atoms with Gasteiger partial charge in [0, 0.05) is 17.2 Å². The molecule has 1 aliphatic carbocycles. The predicted octanol–water partition coefficient (Wildman–Crippen LogP) is 2.43. The van der Waals surface area contributed by atoms with Crippen LogP contribution in [0.1, 0.15) is 22.5 Å². The van der Waals surface area contributed by atoms with Crippen LogP contribution in [0.5, 0.6) is 5.88 Å². The highest BCUT2D eigenvalue weighted by atomic mass is 35.5. The number of carbonyl (C=O) groups is 1. The van der Waals surface area contributed by atoms with Gasteiger partial charge in [-0.15, -0.1) is 0 Å². The molecule has 11 heteroatoms. The fourth-order valence-corrected chi connectivity index (χ4v) is 3.66. The van der Waals surface area contributed by atoms with Crippen LogP contribution in [0.2, 0.25) is 5.02 Å². The second-order valence-electron chi connectivity index (χ2n) is 6.72. The Balaban J connectivity index is 1.69. The highest BCUT2D eigenvalue weighted by molar-refractivity contribution is 6.31. The van der Waals surface area contributed by atoms with Gasteiger partial charge in [-0.25, -0.2) is 23.7 Å². The van der Waals surface area contributed by atoms with Crippen LogP contribution in [0, 0.1) is 11.7 Å². The predicted molar refractivity (Wildman–Crippen MR) is 100 cm³/mol. The number of aromatic nitrogens is 2. The summed E-state index contributed by atoms with van der Waals surface area (Å²) in [6, 6.07) is 2.31. The summed E-state index contributed by atoms with van der Waals surface area (Å²) in [5.41, 5.74) is 4.16. The van der Waals surface area contributed by atoms with Gasteiger partial charge in [0.15, 0.2) is 0 Å². The van der Waals surface area contributed by atoms with Gasteiger partial charge in [-0.2, -0.15) is 0 Å². The molecule has 1 amide bonds. The zero-order chi connectivity index (χ0) is 20.8. The Bertz CT molecular complexity index is 1000. The molecule has 2 aliphatic rings. The summed E-state index contributed by atoms with van der Waals surface area (Å²) in [5.74, 6) is -1.56. The van der Waals surface area contributed by atoms with Crippen LogP contribution in [-0.4, -0.2) is 41.8 Å². The minimum absolute atomic E-state index is 0.00332. The minimum Gasteiger partial charge on any atom is -0.480 e. The zero-order valence-electron chi connectivity index (χ0n) is 15.2. The van der Waals surface area contributed by atoms with Crippen LogP contribution in [-0.2, 0) is 10.3 Å². The van der Waals surface area contributed by atoms with Crippen LogP contribution in [0.4, 0.5) is 14.5 Å². The molecule has 8 nitrogen and oxygen atoms in total. The second kappa shape index (κ2) is 7.11. The lowest BCUT2D eigenvalue weighted by Gasteiger charge is -2.31. The van der Waals surface area contributed by atoms with E-state index in [1.54, 1.807) is 0 Å². The first-order chi connectivity index (χ1) is 13.9. The molecule has 0 saturated heterocycles. The lowest BCUT2D eigenvalue weighted by molar-refractivity contribution is 0.102. The second-order valence-corrected chi connectivity index (χ2v) is 7.13. The summed E-state index contributed by atoms with van der Waals surface area (Å²) in [6.07, 6.45) is 2.67. The van der Waals surface area contributed by atoms with Gasteiger partial charge < -0.3 is 20.5 Å². The quantitative estimate of drug-likeness (QED) is 0.764. The molecule has 0 unspecified atom stereocenters. The third-order valence-electron chi connectivity index (χ3n) is 4.95. The van der Waals surface area contributed by atoms with Gasteiger partial charge in [-0.3, -0.25) is 4.79 Å². The van der Waals surface area contributed by atoms with E-state index < -0.39 is 23.9 Å². The molecule has 3 atom stereocenters. The number of amides is 1. The van der Waals surface area contributed by atoms with E-state index in [4.69, 9.17) is 26.8 Å². The van der Waals surface area contributed by atoms with E-state index in [9.17, 15) is 13.6 Å². The van der Waals surface area contributed by atoms with Gasteiger partial charge in [0.1, 0.15) is 29.8 Å². The minimum atomic E-state index is -1.55. The summed E-state index contributed by atoms with van der Waals surface area (Å²) in [7, 11) is 1.42. The summed E-state index contributed by atoms with van der Waals surface area (Å²) in [4.78, 5) is 24.4. The number of hydrogen-bond donors (Lipinski definition) is 2. The van der Waals surface area contributed by atoms with Gasteiger partial charge >= 0.3 is 0 Å². The number of methoxy groups -OCH3 is 1. The Morgan fingerprint density at radius 1 is 1.45 bits per heavy atom. The highest BCUT2D eigenvalue weighted by Crippen LogP contribution is 2.54. The number of halogens is 3. The number of hydrogen-bond acceptors (Lipinski definition) is 7. The lowest BCUT2D eigenvalue weighted by atomic mass is 9.85. The molecule has 2 aromatic rings. The molecule has 3 N–H and O–H groups in total. The normalized spacial score (nSPS) is 24.8. The van der Waals surface area contributed by atoms with Gasteiger partial charge in [-0.05, 0) is 18.6 Å². The van der Waals surface area contributed by atoms with Crippen molar-refractivity contribution in [3.63, 3.8) is 0 Å². The maximum absolute atomic E-state index is 14.9. The number of fused-ring (bicyclic) bond motifs is 1. The van der Waals surface area contributed by atoms with E-state index in [1.165, 1.54) is 31.6 Å². The van der Waals surface area contributed by atoms with Crippen molar-refractivity contribution in [2.24, 2.45) is 16.6 Å². The van der Waals surface area contributed by atoms with Gasteiger partial charge in [0.05, 0.1) is 24.5 Å². The van der Waals surface area contributed by atoms with E-state index in [0.717, 1.165) is 0 Å². The standard InChI is InChI=1S/C18H16ClF2N5O3/c1-28-14-6-23-12(5-24-14)16(27)25-8-2-10(15(21)11(19)3-8)18(7-20)9-4-13(9)29-17(22)26-18/h2-3,5-6,9,13H,4,7H2,1H3,(H2,22,26)(H,25,27)/t9-,13+,18-/m0/s1. The van der Waals surface area contributed by atoms with E-state index in [2.05, 4.69) is 20.3 Å². The number of rotatable bonds is 5. The van der Waals surface area contributed by atoms with E-state index in [0.29, 0.717) is 6.42 Å². The van der Waals surface area contributed by atoms with Crippen molar-refractivity contribution in [3.05, 3.63) is 46.6 Å². The Morgan fingerprint density at radius 3 is 2.90 bits per heavy atom. The number of anilines is 1. The molecular weight excluding hydrogens is 408 g/mol. The summed E-state index contributed by atoms with van der Waals surface area (Å²) >= 11 is 6.02. The summed E-state index contributed by atoms with van der Waals surface area (Å²) < 4.78 is 39.2. The highest BCUT2D eigenvalue weighted by Gasteiger charge is 2.60. The van der Waals surface area contributed by atoms with Crippen molar-refractivity contribution in [3.8, 4) is 5.88 Å². The van der Waals surface area contributed by atoms with Crippen molar-refractivity contribution >= 4 is 29.2 Å². The van der Waals surface area contributed by atoms with Gasteiger partial charge in [0.2, 0.25) is 5.88 Å². The zero-order valence-corrected chi connectivity index (χ0v) is 15.9. The molecule has 152 valence electrons. The third kappa shape index (κ3) is 3.33. The van der Waals surface area contributed by atoms with E-state index in [1.807, 2.05) is 0 Å². The molecule has 1 aliphatic heterocycles. The molecule has 1 aromatic carbocycles. The SMILES string of the molecule is COc1cnc(C(=O)Nc2cc(Cl)c(F)c([C@@]3(CF)N=C(N)O[C@@H]4C[C@@H]43)c2)cn1. The number of nitrogens with zero attached hydrogens (tertiary/aromatic N) is 3. The first-order valence-corrected chi connectivity index (χ1v) is 9.00. The van der Waals surface area contributed by atoms with Crippen LogP contribution in [0.15, 0.2) is 29.5 Å². The van der Waals surface area contributed by atoms with Crippen molar-refractivity contribution in [1.82, 2.24) is 9.97 Å². The molecule has 0 radical (unpaired) electrons. The average Bonchev–Trinajstić information content (AvgIpc) is 3.49. The Labute approximate surface area is 169 Å². The fraction of sp³-hybridized carbons (Fsp3) is 0.333. The monoisotopic (exact) mass is 423 g/mol. The molecule has 2 heterocycles. The van der Waals surface area contributed by atoms with Crippen molar-refractivity contribution < 1.29 is 23.0 Å². The Hall–Kier alpha value is -3.01. The van der Waals surface area contributed by atoms with Crippen molar-refractivity contribution in [2.45, 2.75) is 18.1 Å². The van der Waals surface area contributed by atoms with Gasteiger partial charge in [0.25, 0.3) is 11.9 Å². The molecule has 1 aromatic heterocycles. The number of benzene rings is 1. The third-order valence-corrected chi connectivity index (χ3v) is 5.23.